The van der Waals surface area contributed by atoms with Crippen molar-refractivity contribution < 1.29 is 24.2 Å². The minimum absolute atomic E-state index is 0.0578. The minimum Gasteiger partial charge on any atom is -0.462 e. The molecule has 1 atom stereocenters. The first-order valence-electron chi connectivity index (χ1n) is 20.0. The fourth-order valence-corrected chi connectivity index (χ4v) is 6.03. The second-order valence-electron chi connectivity index (χ2n) is 14.2. The zero-order chi connectivity index (χ0) is 33.1. The normalized spacial score (nSPS) is 12.1. The largest absolute Gasteiger partial charge is 0.462 e. The van der Waals surface area contributed by atoms with Crippen LogP contribution in [0, 0.1) is 5.92 Å². The Morgan fingerprint density at radius 1 is 0.489 bits per heavy atom. The minimum atomic E-state index is -0.762. The number of aliphatic hydroxyl groups excluding tert-OH is 1. The molecule has 45 heavy (non-hydrogen) atoms. The summed E-state index contributed by atoms with van der Waals surface area (Å²) >= 11 is 0. The highest BCUT2D eigenvalue weighted by molar-refractivity contribution is 5.70. The van der Waals surface area contributed by atoms with Gasteiger partial charge >= 0.3 is 11.9 Å². The molecule has 0 saturated heterocycles. The van der Waals surface area contributed by atoms with E-state index in [1.165, 1.54) is 154 Å². The third-order valence-corrected chi connectivity index (χ3v) is 9.08. The number of ether oxygens (including phenoxy) is 2. The van der Waals surface area contributed by atoms with E-state index in [9.17, 15) is 14.7 Å². The SMILES string of the molecule is CCCCCCCCCCCCCCCCCCCC(=O)OC[C@H](CO)OC(=O)CCCCCCCCCCCCCC(C)C. The van der Waals surface area contributed by atoms with E-state index in [-0.39, 0.29) is 25.2 Å². The average molecular weight is 639 g/mol. The van der Waals surface area contributed by atoms with Gasteiger partial charge in [0.05, 0.1) is 6.61 Å². The molecule has 0 radical (unpaired) electrons. The highest BCUT2D eigenvalue weighted by Crippen LogP contribution is 2.16. The van der Waals surface area contributed by atoms with E-state index in [2.05, 4.69) is 20.8 Å². The number of esters is 2. The Labute approximate surface area is 280 Å². The van der Waals surface area contributed by atoms with Crippen LogP contribution in [0.3, 0.4) is 0 Å². The first-order chi connectivity index (χ1) is 22.0. The number of unbranched alkanes of at least 4 members (excludes halogenated alkanes) is 26. The van der Waals surface area contributed by atoms with Gasteiger partial charge in [0.2, 0.25) is 0 Å². The Hall–Kier alpha value is -1.10. The summed E-state index contributed by atoms with van der Waals surface area (Å²) in [6, 6.07) is 0. The summed E-state index contributed by atoms with van der Waals surface area (Å²) in [4.78, 5) is 24.2. The van der Waals surface area contributed by atoms with Crippen LogP contribution in [0.25, 0.3) is 0 Å². The Balaban J connectivity index is 3.49. The summed E-state index contributed by atoms with van der Waals surface area (Å²) in [5.41, 5.74) is 0. The number of rotatable bonds is 36. The van der Waals surface area contributed by atoms with Gasteiger partial charge < -0.3 is 14.6 Å². The van der Waals surface area contributed by atoms with Gasteiger partial charge in [0.1, 0.15) is 6.61 Å². The second kappa shape index (κ2) is 35.7. The zero-order valence-electron chi connectivity index (χ0n) is 30.6. The van der Waals surface area contributed by atoms with E-state index < -0.39 is 6.10 Å². The molecule has 0 aliphatic carbocycles. The van der Waals surface area contributed by atoms with Crippen LogP contribution in [-0.4, -0.2) is 36.4 Å². The van der Waals surface area contributed by atoms with Gasteiger partial charge in [-0.05, 0) is 18.8 Å². The average Bonchev–Trinajstić information content (AvgIpc) is 3.02. The van der Waals surface area contributed by atoms with Crippen LogP contribution in [0.5, 0.6) is 0 Å². The monoisotopic (exact) mass is 639 g/mol. The smallest absolute Gasteiger partial charge is 0.306 e. The molecule has 0 fully saturated rings. The van der Waals surface area contributed by atoms with E-state index in [1.54, 1.807) is 0 Å². The second-order valence-corrected chi connectivity index (χ2v) is 14.2. The molecule has 5 heteroatoms. The highest BCUT2D eigenvalue weighted by atomic mass is 16.6. The number of carbonyl (C=O) groups is 2. The Kier molecular flexibility index (Phi) is 34.9. The maximum atomic E-state index is 12.1. The van der Waals surface area contributed by atoms with Gasteiger partial charge in [0, 0.05) is 12.8 Å². The third-order valence-electron chi connectivity index (χ3n) is 9.08. The molecule has 0 aromatic heterocycles. The lowest BCUT2D eigenvalue weighted by Crippen LogP contribution is -2.28. The molecular weight excluding hydrogens is 560 g/mol. The van der Waals surface area contributed by atoms with Crippen molar-refractivity contribution in [2.24, 2.45) is 5.92 Å². The van der Waals surface area contributed by atoms with Crippen molar-refractivity contribution in [3.8, 4) is 0 Å². The van der Waals surface area contributed by atoms with Crippen molar-refractivity contribution in [1.29, 1.82) is 0 Å². The number of hydrogen-bond acceptors (Lipinski definition) is 5. The lowest BCUT2D eigenvalue weighted by atomic mass is 10.0. The van der Waals surface area contributed by atoms with Gasteiger partial charge in [0.15, 0.2) is 6.10 Å². The summed E-state index contributed by atoms with van der Waals surface area (Å²) in [7, 11) is 0. The van der Waals surface area contributed by atoms with Gasteiger partial charge in [0.25, 0.3) is 0 Å². The molecule has 0 aliphatic heterocycles. The molecule has 0 saturated carbocycles. The molecule has 0 unspecified atom stereocenters. The summed E-state index contributed by atoms with van der Waals surface area (Å²) in [5.74, 6) is 0.257. The number of carbonyl (C=O) groups excluding carboxylic acids is 2. The van der Waals surface area contributed by atoms with E-state index in [1.807, 2.05) is 0 Å². The van der Waals surface area contributed by atoms with Crippen LogP contribution in [0.2, 0.25) is 0 Å². The molecule has 0 aromatic carbocycles. The summed E-state index contributed by atoms with van der Waals surface area (Å²) in [6.07, 6.45) is 37.4. The predicted molar refractivity (Wildman–Crippen MR) is 192 cm³/mol. The Bertz CT molecular complexity index is 620. The van der Waals surface area contributed by atoms with Crippen LogP contribution in [0.1, 0.15) is 220 Å². The topological polar surface area (TPSA) is 72.8 Å². The quantitative estimate of drug-likeness (QED) is 0.0546. The van der Waals surface area contributed by atoms with Crippen LogP contribution in [0.15, 0.2) is 0 Å². The molecule has 0 aliphatic rings. The van der Waals surface area contributed by atoms with E-state index in [4.69, 9.17) is 9.47 Å². The lowest BCUT2D eigenvalue weighted by molar-refractivity contribution is -0.161. The van der Waals surface area contributed by atoms with E-state index in [0.29, 0.717) is 12.8 Å². The maximum absolute atomic E-state index is 12.1. The van der Waals surface area contributed by atoms with Crippen molar-refractivity contribution in [1.82, 2.24) is 0 Å². The Morgan fingerprint density at radius 3 is 1.18 bits per heavy atom. The van der Waals surface area contributed by atoms with Crippen molar-refractivity contribution in [3.63, 3.8) is 0 Å². The lowest BCUT2D eigenvalue weighted by Gasteiger charge is -2.15. The van der Waals surface area contributed by atoms with Crippen molar-refractivity contribution in [2.45, 2.75) is 226 Å². The van der Waals surface area contributed by atoms with E-state index >= 15 is 0 Å². The first kappa shape index (κ1) is 43.9. The molecule has 0 aromatic rings. The first-order valence-corrected chi connectivity index (χ1v) is 20.0. The highest BCUT2D eigenvalue weighted by Gasteiger charge is 2.16. The summed E-state index contributed by atoms with van der Waals surface area (Å²) in [6.45, 7) is 6.50. The molecular formula is C40H78O5. The number of hydrogen-bond donors (Lipinski definition) is 1. The molecule has 0 amide bonds. The van der Waals surface area contributed by atoms with Gasteiger partial charge in [-0.15, -0.1) is 0 Å². The zero-order valence-corrected chi connectivity index (χ0v) is 30.6. The van der Waals surface area contributed by atoms with Crippen molar-refractivity contribution in [2.75, 3.05) is 13.2 Å². The van der Waals surface area contributed by atoms with Crippen LogP contribution in [0.4, 0.5) is 0 Å². The van der Waals surface area contributed by atoms with Gasteiger partial charge in [-0.25, -0.2) is 0 Å². The van der Waals surface area contributed by atoms with Gasteiger partial charge in [-0.3, -0.25) is 9.59 Å². The molecule has 0 spiro atoms. The van der Waals surface area contributed by atoms with Crippen LogP contribution < -0.4 is 0 Å². The molecule has 0 bridgehead atoms. The van der Waals surface area contributed by atoms with Crippen molar-refractivity contribution >= 4 is 11.9 Å². The van der Waals surface area contributed by atoms with Crippen LogP contribution >= 0.6 is 0 Å². The molecule has 1 N–H and O–H groups in total. The fourth-order valence-electron chi connectivity index (χ4n) is 6.03. The van der Waals surface area contributed by atoms with Gasteiger partial charge in [-0.2, -0.15) is 0 Å². The molecule has 0 heterocycles. The Morgan fingerprint density at radius 2 is 0.822 bits per heavy atom. The van der Waals surface area contributed by atoms with Gasteiger partial charge in [-0.1, -0.05) is 194 Å². The summed E-state index contributed by atoms with van der Waals surface area (Å²) < 4.78 is 10.6. The van der Waals surface area contributed by atoms with Crippen molar-refractivity contribution in [3.05, 3.63) is 0 Å². The fraction of sp³-hybridized carbons (Fsp3) is 0.950. The molecule has 5 nitrogen and oxygen atoms in total. The standard InChI is InChI=1S/C40H78O5/c1-4-5-6-7-8-9-10-11-12-13-14-15-18-21-24-27-30-33-39(42)44-36-38(35-41)45-40(43)34-31-28-25-22-19-16-17-20-23-26-29-32-37(2)3/h37-38,41H,4-36H2,1-3H3/t38-/m0/s1. The maximum Gasteiger partial charge on any atom is 0.306 e. The predicted octanol–water partition coefficient (Wildman–Crippen LogP) is 12.2. The molecule has 268 valence electrons. The van der Waals surface area contributed by atoms with E-state index in [0.717, 1.165) is 38.0 Å². The number of aliphatic hydroxyl groups is 1. The molecule has 0 rings (SSSR count). The third kappa shape index (κ3) is 35.6. The van der Waals surface area contributed by atoms with Crippen LogP contribution in [-0.2, 0) is 19.1 Å². The summed E-state index contributed by atoms with van der Waals surface area (Å²) in [5, 5.41) is 9.55.